The number of nitrogens with zero attached hydrogens (tertiary/aromatic N) is 1. The van der Waals surface area contributed by atoms with E-state index in [-0.39, 0.29) is 6.04 Å². The van der Waals surface area contributed by atoms with Crippen molar-refractivity contribution in [1.29, 1.82) is 0 Å². The van der Waals surface area contributed by atoms with Gasteiger partial charge in [-0.2, -0.15) is 0 Å². The van der Waals surface area contributed by atoms with Gasteiger partial charge in [-0.05, 0) is 31.0 Å². The van der Waals surface area contributed by atoms with Gasteiger partial charge in [0.15, 0.2) is 11.5 Å². The molecule has 0 spiro atoms. The van der Waals surface area contributed by atoms with E-state index in [2.05, 4.69) is 42.2 Å². The highest BCUT2D eigenvalue weighted by molar-refractivity contribution is 5.57. The Hall–Kier alpha value is -2.20. The van der Waals surface area contributed by atoms with Crippen LogP contribution in [-0.4, -0.2) is 33.4 Å². The first-order valence-corrected chi connectivity index (χ1v) is 8.41. The van der Waals surface area contributed by atoms with Gasteiger partial charge < -0.3 is 20.1 Å². The molecule has 4 heteroatoms. The first-order valence-electron chi connectivity index (χ1n) is 8.41. The van der Waals surface area contributed by atoms with Crippen molar-refractivity contribution >= 4 is 5.69 Å². The Morgan fingerprint density at radius 3 is 2.54 bits per heavy atom. The molecule has 2 atom stereocenters. The summed E-state index contributed by atoms with van der Waals surface area (Å²) >= 11 is 0. The number of methoxy groups -OCH3 is 2. The summed E-state index contributed by atoms with van der Waals surface area (Å²) in [4.78, 5) is 2.39. The Morgan fingerprint density at radius 1 is 1.04 bits per heavy atom. The molecule has 0 amide bonds. The first-order chi connectivity index (χ1) is 11.6. The topological polar surface area (TPSA) is 47.7 Å². The number of ether oxygens (including phenoxy) is 2. The third kappa shape index (κ3) is 3.34. The van der Waals surface area contributed by atoms with E-state index in [1.807, 2.05) is 12.1 Å². The van der Waals surface area contributed by atoms with E-state index in [0.717, 1.165) is 36.7 Å². The second-order valence-corrected chi connectivity index (χ2v) is 6.46. The number of anilines is 1. The fourth-order valence-corrected chi connectivity index (χ4v) is 3.48. The fourth-order valence-electron chi connectivity index (χ4n) is 3.48. The van der Waals surface area contributed by atoms with E-state index in [1.165, 1.54) is 11.1 Å². The molecule has 128 valence electrons. The second kappa shape index (κ2) is 7.14. The molecule has 1 fully saturated rings. The number of hydrogen-bond donors (Lipinski definition) is 1. The predicted molar refractivity (Wildman–Crippen MR) is 98.3 cm³/mol. The van der Waals surface area contributed by atoms with Crippen molar-refractivity contribution in [3.8, 4) is 11.5 Å². The van der Waals surface area contributed by atoms with Gasteiger partial charge >= 0.3 is 0 Å². The predicted octanol–water partition coefficient (Wildman–Crippen LogP) is 3.33. The Labute approximate surface area is 144 Å². The molecule has 2 N–H and O–H groups in total. The van der Waals surface area contributed by atoms with E-state index in [9.17, 15) is 0 Å². The van der Waals surface area contributed by atoms with Crippen molar-refractivity contribution in [2.24, 2.45) is 5.73 Å². The van der Waals surface area contributed by atoms with Crippen molar-refractivity contribution in [2.75, 3.05) is 32.2 Å². The molecule has 0 saturated carbocycles. The molecule has 3 rings (SSSR count). The highest BCUT2D eigenvalue weighted by atomic mass is 16.5. The summed E-state index contributed by atoms with van der Waals surface area (Å²) in [5, 5.41) is 0. The minimum atomic E-state index is 0.197. The van der Waals surface area contributed by atoms with E-state index in [1.54, 1.807) is 14.2 Å². The van der Waals surface area contributed by atoms with Crippen LogP contribution in [0.3, 0.4) is 0 Å². The van der Waals surface area contributed by atoms with Crippen LogP contribution in [-0.2, 0) is 0 Å². The Bertz CT molecular complexity index is 702. The molecule has 1 aliphatic rings. The average molecular weight is 326 g/mol. The second-order valence-electron chi connectivity index (χ2n) is 6.46. The SMILES string of the molecule is COc1ccc(N2CC[C@H](N)[C@@H](c3cccc(C)c3)C2)cc1OC. The molecule has 1 aliphatic heterocycles. The van der Waals surface area contributed by atoms with Gasteiger partial charge in [0, 0.05) is 36.8 Å². The maximum Gasteiger partial charge on any atom is 0.162 e. The molecular formula is C20H26N2O2. The molecule has 0 bridgehead atoms. The van der Waals surface area contributed by atoms with Crippen molar-refractivity contribution in [2.45, 2.75) is 25.3 Å². The lowest BCUT2D eigenvalue weighted by molar-refractivity contribution is 0.354. The quantitative estimate of drug-likeness (QED) is 0.936. The molecule has 0 aliphatic carbocycles. The van der Waals surface area contributed by atoms with Crippen LogP contribution in [0.25, 0.3) is 0 Å². The van der Waals surface area contributed by atoms with Crippen LogP contribution >= 0.6 is 0 Å². The summed E-state index contributed by atoms with van der Waals surface area (Å²) in [6, 6.07) is 15.0. The Kier molecular flexibility index (Phi) is 4.95. The van der Waals surface area contributed by atoms with Gasteiger partial charge in [0.05, 0.1) is 14.2 Å². The van der Waals surface area contributed by atoms with Gasteiger partial charge in [0.2, 0.25) is 0 Å². The number of benzene rings is 2. The van der Waals surface area contributed by atoms with E-state index in [4.69, 9.17) is 15.2 Å². The van der Waals surface area contributed by atoms with Gasteiger partial charge in [-0.3, -0.25) is 0 Å². The van der Waals surface area contributed by atoms with Crippen molar-refractivity contribution in [1.82, 2.24) is 0 Å². The minimum absolute atomic E-state index is 0.197. The Morgan fingerprint density at radius 2 is 1.83 bits per heavy atom. The number of aryl methyl sites for hydroxylation is 1. The van der Waals surface area contributed by atoms with E-state index < -0.39 is 0 Å². The highest BCUT2D eigenvalue weighted by Crippen LogP contribution is 2.35. The molecular weight excluding hydrogens is 300 g/mol. The standard InChI is InChI=1S/C20H26N2O2/c1-14-5-4-6-15(11-14)17-13-22(10-9-18(17)21)16-7-8-19(23-2)20(12-16)24-3/h4-8,11-12,17-18H,9-10,13,21H2,1-3H3/t17-,18+/m1/s1. The molecule has 24 heavy (non-hydrogen) atoms. The summed E-state index contributed by atoms with van der Waals surface area (Å²) in [5.74, 6) is 1.86. The van der Waals surface area contributed by atoms with Crippen molar-refractivity contribution < 1.29 is 9.47 Å². The van der Waals surface area contributed by atoms with Crippen LogP contribution in [0.15, 0.2) is 42.5 Å². The number of rotatable bonds is 4. The minimum Gasteiger partial charge on any atom is -0.493 e. The fraction of sp³-hybridized carbons (Fsp3) is 0.400. The van der Waals surface area contributed by atoms with Gasteiger partial charge in [0.25, 0.3) is 0 Å². The maximum absolute atomic E-state index is 6.43. The number of piperidine rings is 1. The van der Waals surface area contributed by atoms with Crippen LogP contribution in [0.1, 0.15) is 23.5 Å². The van der Waals surface area contributed by atoms with Crippen molar-refractivity contribution in [3.63, 3.8) is 0 Å². The molecule has 1 heterocycles. The molecule has 2 aromatic rings. The zero-order valence-electron chi connectivity index (χ0n) is 14.7. The van der Waals surface area contributed by atoms with Crippen molar-refractivity contribution in [3.05, 3.63) is 53.6 Å². The van der Waals surface area contributed by atoms with E-state index in [0.29, 0.717) is 5.92 Å². The molecule has 4 nitrogen and oxygen atoms in total. The zero-order chi connectivity index (χ0) is 17.1. The third-order valence-electron chi connectivity index (χ3n) is 4.87. The molecule has 0 radical (unpaired) electrons. The van der Waals surface area contributed by atoms with Gasteiger partial charge in [-0.1, -0.05) is 29.8 Å². The smallest absolute Gasteiger partial charge is 0.162 e. The third-order valence-corrected chi connectivity index (χ3v) is 4.87. The van der Waals surface area contributed by atoms with Crippen LogP contribution in [0.5, 0.6) is 11.5 Å². The summed E-state index contributed by atoms with van der Waals surface area (Å²) in [7, 11) is 3.33. The van der Waals surface area contributed by atoms with Crippen LogP contribution < -0.4 is 20.1 Å². The largest absolute Gasteiger partial charge is 0.493 e. The summed E-state index contributed by atoms with van der Waals surface area (Å²) in [6.07, 6.45) is 0.979. The van der Waals surface area contributed by atoms with Gasteiger partial charge in [0.1, 0.15) is 0 Å². The summed E-state index contributed by atoms with van der Waals surface area (Å²) in [6.45, 7) is 4.00. The summed E-state index contributed by atoms with van der Waals surface area (Å²) < 4.78 is 10.8. The molecule has 0 aromatic heterocycles. The maximum atomic E-state index is 6.43. The van der Waals surface area contributed by atoms with Crippen LogP contribution in [0.2, 0.25) is 0 Å². The van der Waals surface area contributed by atoms with Crippen LogP contribution in [0, 0.1) is 6.92 Å². The normalized spacial score (nSPS) is 20.8. The first kappa shape index (κ1) is 16.7. The number of hydrogen-bond acceptors (Lipinski definition) is 4. The van der Waals surface area contributed by atoms with Crippen LogP contribution in [0.4, 0.5) is 5.69 Å². The zero-order valence-corrected chi connectivity index (χ0v) is 14.7. The van der Waals surface area contributed by atoms with Gasteiger partial charge in [-0.15, -0.1) is 0 Å². The molecule has 1 saturated heterocycles. The molecule has 0 unspecified atom stereocenters. The average Bonchev–Trinajstić information content (AvgIpc) is 2.61. The number of nitrogens with two attached hydrogens (primary N) is 1. The lowest BCUT2D eigenvalue weighted by Gasteiger charge is -2.38. The lowest BCUT2D eigenvalue weighted by Crippen LogP contribution is -2.45. The molecule has 2 aromatic carbocycles. The summed E-state index contributed by atoms with van der Waals surface area (Å²) in [5.41, 5.74) is 10.2. The monoisotopic (exact) mass is 326 g/mol. The van der Waals surface area contributed by atoms with Gasteiger partial charge in [-0.25, -0.2) is 0 Å². The highest BCUT2D eigenvalue weighted by Gasteiger charge is 2.28. The lowest BCUT2D eigenvalue weighted by atomic mass is 9.85. The Balaban J connectivity index is 1.85. The van der Waals surface area contributed by atoms with E-state index >= 15 is 0 Å².